The Morgan fingerprint density at radius 1 is 1.11 bits per heavy atom. The largest absolute Gasteiger partial charge is 0.380 e. The van der Waals surface area contributed by atoms with Gasteiger partial charge in [0.1, 0.15) is 0 Å². The molecule has 0 aromatic heterocycles. The average molecular weight is 294 g/mol. The molecule has 0 spiro atoms. The van der Waals surface area contributed by atoms with E-state index >= 15 is 0 Å². The zero-order valence-electron chi connectivity index (χ0n) is 10.4. The fourth-order valence-corrected chi connectivity index (χ4v) is 2.10. The quantitative estimate of drug-likeness (QED) is 0.820. The number of carbonyl (C=O) groups is 1. The zero-order valence-corrected chi connectivity index (χ0v) is 11.9. The highest BCUT2D eigenvalue weighted by Gasteiger charge is 2.06. The number of rotatable bonds is 4. The van der Waals surface area contributed by atoms with E-state index in [0.717, 1.165) is 11.3 Å². The van der Waals surface area contributed by atoms with Crippen LogP contribution in [0.3, 0.4) is 0 Å². The van der Waals surface area contributed by atoms with Gasteiger partial charge in [0.2, 0.25) is 0 Å². The van der Waals surface area contributed by atoms with E-state index in [1.54, 1.807) is 18.2 Å². The molecule has 2 aromatic carbocycles. The maximum Gasteiger partial charge on any atom is 0.159 e. The molecule has 0 aliphatic heterocycles. The average Bonchev–Trinajstić information content (AvgIpc) is 2.39. The summed E-state index contributed by atoms with van der Waals surface area (Å²) in [5.41, 5.74) is 2.34. The number of hydrogen-bond acceptors (Lipinski definition) is 2. The molecule has 0 aliphatic rings. The van der Waals surface area contributed by atoms with Gasteiger partial charge in [-0.1, -0.05) is 41.4 Å². The molecule has 2 aromatic rings. The van der Waals surface area contributed by atoms with Crippen LogP contribution in [0.25, 0.3) is 0 Å². The number of Topliss-reactive ketones (excluding diaryl/α,β-unsaturated/α-hetero) is 1. The zero-order chi connectivity index (χ0) is 13.8. The fourth-order valence-electron chi connectivity index (χ4n) is 1.71. The Bertz CT molecular complexity index is 611. The molecule has 0 radical (unpaired) electrons. The Morgan fingerprint density at radius 3 is 2.53 bits per heavy atom. The van der Waals surface area contributed by atoms with Gasteiger partial charge < -0.3 is 5.32 Å². The number of benzene rings is 2. The van der Waals surface area contributed by atoms with Gasteiger partial charge >= 0.3 is 0 Å². The van der Waals surface area contributed by atoms with Gasteiger partial charge in [-0.25, -0.2) is 0 Å². The van der Waals surface area contributed by atoms with Gasteiger partial charge in [-0.2, -0.15) is 0 Å². The summed E-state index contributed by atoms with van der Waals surface area (Å²) in [5, 5.41) is 4.48. The van der Waals surface area contributed by atoms with Crippen LogP contribution in [0, 0.1) is 0 Å². The van der Waals surface area contributed by atoms with Crippen molar-refractivity contribution in [2.24, 2.45) is 0 Å². The molecule has 0 bridgehead atoms. The molecule has 0 fully saturated rings. The molecule has 19 heavy (non-hydrogen) atoms. The smallest absolute Gasteiger partial charge is 0.159 e. The Morgan fingerprint density at radius 2 is 1.84 bits per heavy atom. The number of ketones is 1. The Labute approximate surface area is 122 Å². The maximum absolute atomic E-state index is 11.3. The van der Waals surface area contributed by atoms with Crippen molar-refractivity contribution in [3.63, 3.8) is 0 Å². The molecule has 0 heterocycles. The highest BCUT2D eigenvalue weighted by atomic mass is 35.5. The standard InChI is InChI=1S/C15H13Cl2NO/c1-10(19)11-6-7-14(17)15(8-11)18-9-12-4-2-3-5-13(12)16/h2-8,18H,9H2,1H3. The molecule has 1 N–H and O–H groups in total. The van der Waals surface area contributed by atoms with Crippen molar-refractivity contribution in [2.75, 3.05) is 5.32 Å². The summed E-state index contributed by atoms with van der Waals surface area (Å²) in [5.74, 6) is 0.0115. The number of nitrogens with one attached hydrogen (secondary N) is 1. The summed E-state index contributed by atoms with van der Waals surface area (Å²) < 4.78 is 0. The second-order valence-electron chi connectivity index (χ2n) is 4.20. The number of hydrogen-bond donors (Lipinski definition) is 1. The van der Waals surface area contributed by atoms with Crippen LogP contribution in [0.2, 0.25) is 10.0 Å². The van der Waals surface area contributed by atoms with Crippen molar-refractivity contribution in [3.05, 3.63) is 63.6 Å². The summed E-state index contributed by atoms with van der Waals surface area (Å²) in [7, 11) is 0. The highest BCUT2D eigenvalue weighted by Crippen LogP contribution is 2.25. The van der Waals surface area contributed by atoms with E-state index in [0.29, 0.717) is 22.2 Å². The Kier molecular flexibility index (Phi) is 4.46. The normalized spacial score (nSPS) is 10.3. The lowest BCUT2D eigenvalue weighted by molar-refractivity contribution is 0.101. The topological polar surface area (TPSA) is 29.1 Å². The molecule has 0 atom stereocenters. The molecule has 98 valence electrons. The molecule has 0 saturated heterocycles. The minimum atomic E-state index is 0.0115. The number of halogens is 2. The molecule has 0 saturated carbocycles. The van der Waals surface area contributed by atoms with Crippen molar-refractivity contribution in [1.82, 2.24) is 0 Å². The molecular weight excluding hydrogens is 281 g/mol. The van der Waals surface area contributed by atoms with Crippen LogP contribution >= 0.6 is 23.2 Å². The molecule has 2 rings (SSSR count). The first-order valence-electron chi connectivity index (χ1n) is 5.85. The monoisotopic (exact) mass is 293 g/mol. The van der Waals surface area contributed by atoms with Gasteiger partial charge in [0.05, 0.1) is 10.7 Å². The minimum absolute atomic E-state index is 0.0115. The fraction of sp³-hybridized carbons (Fsp3) is 0.133. The molecule has 4 heteroatoms. The van der Waals surface area contributed by atoms with Gasteiger partial charge in [-0.05, 0) is 36.8 Å². The van der Waals surface area contributed by atoms with Crippen LogP contribution in [-0.4, -0.2) is 5.78 Å². The van der Waals surface area contributed by atoms with Crippen molar-refractivity contribution in [3.8, 4) is 0 Å². The Hall–Kier alpha value is -1.51. The minimum Gasteiger partial charge on any atom is -0.380 e. The van der Waals surface area contributed by atoms with Gasteiger partial charge in [-0.3, -0.25) is 4.79 Å². The van der Waals surface area contributed by atoms with E-state index in [4.69, 9.17) is 23.2 Å². The van der Waals surface area contributed by atoms with Gasteiger partial charge in [0.15, 0.2) is 5.78 Å². The first-order valence-corrected chi connectivity index (χ1v) is 6.61. The predicted molar refractivity (Wildman–Crippen MR) is 80.2 cm³/mol. The summed E-state index contributed by atoms with van der Waals surface area (Å²) >= 11 is 12.2. The second-order valence-corrected chi connectivity index (χ2v) is 5.01. The van der Waals surface area contributed by atoms with E-state index in [9.17, 15) is 4.79 Å². The van der Waals surface area contributed by atoms with Crippen molar-refractivity contribution >= 4 is 34.7 Å². The third-order valence-electron chi connectivity index (χ3n) is 2.80. The van der Waals surface area contributed by atoms with Crippen LogP contribution in [0.15, 0.2) is 42.5 Å². The lowest BCUT2D eigenvalue weighted by Gasteiger charge is -2.10. The number of anilines is 1. The molecule has 0 aliphatic carbocycles. The van der Waals surface area contributed by atoms with Crippen molar-refractivity contribution in [2.45, 2.75) is 13.5 Å². The van der Waals surface area contributed by atoms with Gasteiger partial charge in [0.25, 0.3) is 0 Å². The van der Waals surface area contributed by atoms with E-state index in [1.807, 2.05) is 24.3 Å². The van der Waals surface area contributed by atoms with Crippen LogP contribution in [0.4, 0.5) is 5.69 Å². The van der Waals surface area contributed by atoms with E-state index < -0.39 is 0 Å². The SMILES string of the molecule is CC(=O)c1ccc(Cl)c(NCc2ccccc2Cl)c1. The van der Waals surface area contributed by atoms with Crippen LogP contribution in [0.1, 0.15) is 22.8 Å². The van der Waals surface area contributed by atoms with Crippen molar-refractivity contribution in [1.29, 1.82) is 0 Å². The molecule has 0 unspecified atom stereocenters. The summed E-state index contributed by atoms with van der Waals surface area (Å²) in [6.07, 6.45) is 0. The van der Waals surface area contributed by atoms with E-state index in [-0.39, 0.29) is 5.78 Å². The van der Waals surface area contributed by atoms with Gasteiger partial charge in [-0.15, -0.1) is 0 Å². The first-order chi connectivity index (χ1) is 9.08. The molecule has 2 nitrogen and oxygen atoms in total. The summed E-state index contributed by atoms with van der Waals surface area (Å²) in [6, 6.07) is 12.8. The van der Waals surface area contributed by atoms with Gasteiger partial charge in [0, 0.05) is 17.1 Å². The highest BCUT2D eigenvalue weighted by molar-refractivity contribution is 6.33. The van der Waals surface area contributed by atoms with Crippen LogP contribution in [-0.2, 0) is 6.54 Å². The van der Waals surface area contributed by atoms with E-state index in [1.165, 1.54) is 6.92 Å². The molecular formula is C15H13Cl2NO. The summed E-state index contributed by atoms with van der Waals surface area (Å²) in [6.45, 7) is 2.09. The second kappa shape index (κ2) is 6.09. The third kappa shape index (κ3) is 3.49. The van der Waals surface area contributed by atoms with Crippen molar-refractivity contribution < 1.29 is 4.79 Å². The predicted octanol–water partition coefficient (Wildman–Crippen LogP) is 4.81. The van der Waals surface area contributed by atoms with E-state index in [2.05, 4.69) is 5.32 Å². The lowest BCUT2D eigenvalue weighted by Crippen LogP contribution is -2.02. The first kappa shape index (κ1) is 13.9. The Balaban J connectivity index is 2.17. The summed E-state index contributed by atoms with van der Waals surface area (Å²) in [4.78, 5) is 11.3. The van der Waals surface area contributed by atoms with Crippen LogP contribution in [0.5, 0.6) is 0 Å². The molecule has 0 amide bonds. The van der Waals surface area contributed by atoms with Crippen LogP contribution < -0.4 is 5.32 Å². The lowest BCUT2D eigenvalue weighted by atomic mass is 10.1. The maximum atomic E-state index is 11.3. The third-order valence-corrected chi connectivity index (χ3v) is 3.50. The number of carbonyl (C=O) groups excluding carboxylic acids is 1.